The molecule has 0 radical (unpaired) electrons. The van der Waals surface area contributed by atoms with Crippen LogP contribution in [0, 0.1) is 0 Å². The van der Waals surface area contributed by atoms with Crippen molar-refractivity contribution in [1.82, 2.24) is 0 Å². The molecular formula is C30H27F6N2O2+. The number of rotatable bonds is 2. The minimum atomic E-state index is -4.51. The summed E-state index contributed by atoms with van der Waals surface area (Å²) in [5.41, 5.74) is -1.81. The average Bonchev–Trinajstić information content (AvgIpc) is 3.16. The van der Waals surface area contributed by atoms with Gasteiger partial charge in [-0.15, -0.1) is 0 Å². The van der Waals surface area contributed by atoms with E-state index < -0.39 is 51.2 Å². The molecule has 5 rings (SSSR count). The summed E-state index contributed by atoms with van der Waals surface area (Å²) in [6.45, 7) is 6.99. The lowest BCUT2D eigenvalue weighted by molar-refractivity contribution is -0.400. The zero-order chi connectivity index (χ0) is 29.7. The topological polar surface area (TPSA) is 40.4 Å². The van der Waals surface area contributed by atoms with E-state index in [-0.39, 0.29) is 10.4 Å². The first-order valence-corrected chi connectivity index (χ1v) is 12.6. The molecule has 210 valence electrons. The summed E-state index contributed by atoms with van der Waals surface area (Å²) < 4.78 is 81.8. The van der Waals surface area contributed by atoms with Gasteiger partial charge in [0.05, 0.1) is 33.0 Å². The number of likely N-dealkylation sites (N-methyl/N-ethyl adjacent to an activating group) is 1. The molecule has 0 aliphatic carbocycles. The highest BCUT2D eigenvalue weighted by Gasteiger charge is 2.46. The first-order chi connectivity index (χ1) is 18.3. The lowest BCUT2D eigenvalue weighted by atomic mass is 9.79. The lowest BCUT2D eigenvalue weighted by Crippen LogP contribution is -2.66. The van der Waals surface area contributed by atoms with Crippen molar-refractivity contribution in [1.29, 1.82) is 0 Å². The normalized spacial score (nSPS) is 19.7. The molecule has 2 aliphatic rings. The van der Waals surface area contributed by atoms with Gasteiger partial charge in [0.15, 0.2) is 5.71 Å². The van der Waals surface area contributed by atoms with Gasteiger partial charge in [-0.1, -0.05) is 13.8 Å². The highest BCUT2D eigenvalue weighted by Crippen LogP contribution is 2.47. The molecule has 0 aromatic heterocycles. The lowest BCUT2D eigenvalue weighted by Gasteiger charge is -2.29. The van der Waals surface area contributed by atoms with Gasteiger partial charge in [-0.05, 0) is 55.8 Å². The van der Waals surface area contributed by atoms with Crippen molar-refractivity contribution < 1.29 is 30.9 Å². The van der Waals surface area contributed by atoms with Crippen molar-refractivity contribution in [2.75, 3.05) is 19.0 Å². The van der Waals surface area contributed by atoms with Crippen LogP contribution in [0.5, 0.6) is 0 Å². The quantitative estimate of drug-likeness (QED) is 0.345. The third kappa shape index (κ3) is 3.94. The van der Waals surface area contributed by atoms with Gasteiger partial charge in [-0.2, -0.15) is 30.9 Å². The van der Waals surface area contributed by atoms with Crippen LogP contribution in [-0.2, 0) is 23.2 Å². The third-order valence-electron chi connectivity index (χ3n) is 8.50. The first-order valence-electron chi connectivity index (χ1n) is 12.6. The molecule has 3 aromatic carbocycles. The van der Waals surface area contributed by atoms with Gasteiger partial charge in [0, 0.05) is 35.9 Å². The molecule has 0 amide bonds. The zero-order valence-corrected chi connectivity index (χ0v) is 22.7. The Morgan fingerprint density at radius 3 is 1.90 bits per heavy atom. The molecule has 0 saturated carbocycles. The van der Waals surface area contributed by atoms with Crippen LogP contribution in [0.4, 0.5) is 37.7 Å². The fraction of sp³-hybridized carbons (Fsp3) is 0.367. The van der Waals surface area contributed by atoms with Crippen molar-refractivity contribution in [3.63, 3.8) is 0 Å². The standard InChI is InChI=1S/C30H27F6N2O2/c1-27(2)19-11-15(29(31,32)33)7-9-21(19)37(5)23(27)13-17-25(39)18(26(17)40)14-24-28(3,4)20-12-16(30(34,35)36)8-10-22(20)38(24)6/h7-14,23H,1-6H3/q+1. The predicted octanol–water partition coefficient (Wildman–Crippen LogP) is 4.38. The Hall–Kier alpha value is -3.69. The summed E-state index contributed by atoms with van der Waals surface area (Å²) in [7, 11) is 3.37. The summed E-state index contributed by atoms with van der Waals surface area (Å²) >= 11 is 0. The smallest absolute Gasteiger partial charge is 0.367 e. The maximum atomic E-state index is 13.4. The van der Waals surface area contributed by atoms with E-state index in [1.807, 2.05) is 0 Å². The summed E-state index contributed by atoms with van der Waals surface area (Å²) in [4.78, 5) is 28.1. The van der Waals surface area contributed by atoms with Gasteiger partial charge in [-0.25, -0.2) is 0 Å². The molecule has 4 nitrogen and oxygen atoms in total. The largest absolute Gasteiger partial charge is 0.416 e. The predicted molar refractivity (Wildman–Crippen MR) is 142 cm³/mol. The van der Waals surface area contributed by atoms with Crippen LogP contribution >= 0.6 is 0 Å². The molecule has 0 saturated heterocycles. The van der Waals surface area contributed by atoms with Crippen LogP contribution in [0.15, 0.2) is 46.0 Å². The number of nitrogens with zero attached hydrogens (tertiary/aromatic N) is 2. The molecule has 1 unspecified atom stereocenters. The number of fused-ring (bicyclic) bond motifs is 2. The Morgan fingerprint density at radius 1 is 0.825 bits per heavy atom. The molecule has 0 spiro atoms. The highest BCUT2D eigenvalue weighted by atomic mass is 19.4. The van der Waals surface area contributed by atoms with Crippen molar-refractivity contribution in [2.45, 2.75) is 56.9 Å². The van der Waals surface area contributed by atoms with Crippen LogP contribution < -0.4 is 26.2 Å². The fourth-order valence-electron chi connectivity index (χ4n) is 6.13. The summed E-state index contributed by atoms with van der Waals surface area (Å²) in [5, 5.41) is -0.142. The second-order valence-corrected chi connectivity index (χ2v) is 11.6. The van der Waals surface area contributed by atoms with E-state index in [4.69, 9.17) is 0 Å². The van der Waals surface area contributed by atoms with E-state index in [9.17, 15) is 35.9 Å². The molecule has 0 bridgehead atoms. The molecule has 0 N–H and O–H groups in total. The van der Waals surface area contributed by atoms with Crippen molar-refractivity contribution >= 4 is 29.2 Å². The van der Waals surface area contributed by atoms with E-state index in [0.717, 1.165) is 24.3 Å². The number of halogens is 6. The zero-order valence-electron chi connectivity index (χ0n) is 22.7. The van der Waals surface area contributed by atoms with Gasteiger partial charge in [0.25, 0.3) is 0 Å². The molecule has 2 aliphatic heterocycles. The second kappa shape index (κ2) is 8.41. The molecule has 40 heavy (non-hydrogen) atoms. The summed E-state index contributed by atoms with van der Waals surface area (Å²) in [6.07, 6.45) is -6.08. The van der Waals surface area contributed by atoms with E-state index >= 15 is 0 Å². The summed E-state index contributed by atoms with van der Waals surface area (Å²) in [6, 6.07) is 6.42. The van der Waals surface area contributed by atoms with Crippen molar-refractivity contribution in [3.05, 3.63) is 89.5 Å². The van der Waals surface area contributed by atoms with Gasteiger partial charge in [0.1, 0.15) is 7.05 Å². The van der Waals surface area contributed by atoms with E-state index in [1.54, 1.807) is 51.3 Å². The fourth-order valence-corrected chi connectivity index (χ4v) is 6.13. The SMILES string of the molecule is CN1c2ccc(C(F)(F)F)cc2C(C)(C)C1C=c1c(=O)c(=CC2=[N+](C)c3ccc(C(F)(F)F)cc3C2(C)C)c1=O. The van der Waals surface area contributed by atoms with Crippen LogP contribution in [0.2, 0.25) is 0 Å². The first kappa shape index (κ1) is 27.9. The number of alkyl halides is 6. The van der Waals surface area contributed by atoms with E-state index in [0.29, 0.717) is 28.2 Å². The number of anilines is 1. The van der Waals surface area contributed by atoms with E-state index in [1.165, 1.54) is 24.3 Å². The monoisotopic (exact) mass is 561 g/mol. The Bertz CT molecular complexity index is 1770. The van der Waals surface area contributed by atoms with Crippen LogP contribution in [0.3, 0.4) is 0 Å². The number of hydrogen-bond donors (Lipinski definition) is 0. The van der Waals surface area contributed by atoms with Crippen LogP contribution in [-0.4, -0.2) is 30.4 Å². The molecular weight excluding hydrogens is 534 g/mol. The third-order valence-corrected chi connectivity index (χ3v) is 8.50. The Balaban J connectivity index is 1.56. The second-order valence-electron chi connectivity index (χ2n) is 11.6. The molecule has 0 fully saturated rings. The maximum absolute atomic E-state index is 13.4. The molecule has 1 atom stereocenters. The number of benzene rings is 2. The highest BCUT2D eigenvalue weighted by molar-refractivity contribution is 6.15. The maximum Gasteiger partial charge on any atom is 0.416 e. The van der Waals surface area contributed by atoms with Gasteiger partial charge < -0.3 is 4.90 Å². The molecule has 10 heteroatoms. The van der Waals surface area contributed by atoms with Crippen LogP contribution in [0.1, 0.15) is 49.9 Å². The minimum Gasteiger partial charge on any atom is -0.367 e. The minimum absolute atomic E-state index is 0.0593. The van der Waals surface area contributed by atoms with Gasteiger partial charge in [0.2, 0.25) is 16.5 Å². The Morgan fingerprint density at radius 2 is 1.35 bits per heavy atom. The van der Waals surface area contributed by atoms with Gasteiger partial charge >= 0.3 is 12.4 Å². The van der Waals surface area contributed by atoms with Crippen molar-refractivity contribution in [2.24, 2.45) is 0 Å². The molecule has 3 aromatic rings. The number of hydrogen-bond acceptors (Lipinski definition) is 3. The Kier molecular flexibility index (Phi) is 5.86. The molecule has 2 heterocycles. The van der Waals surface area contributed by atoms with Gasteiger partial charge in [-0.3, -0.25) is 9.59 Å². The van der Waals surface area contributed by atoms with Crippen molar-refractivity contribution in [3.8, 4) is 0 Å². The van der Waals surface area contributed by atoms with Crippen LogP contribution in [0.25, 0.3) is 12.2 Å². The Labute approximate surface area is 225 Å². The van der Waals surface area contributed by atoms with E-state index in [2.05, 4.69) is 0 Å². The summed E-state index contributed by atoms with van der Waals surface area (Å²) in [5.74, 6) is 0. The average molecular weight is 562 g/mol.